The minimum Gasteiger partial charge on any atom is -0.383 e. The van der Waals surface area contributed by atoms with Gasteiger partial charge in [-0.3, -0.25) is 10.1 Å². The van der Waals surface area contributed by atoms with Gasteiger partial charge < -0.3 is 19.3 Å². The molecule has 0 aliphatic rings. The van der Waals surface area contributed by atoms with Gasteiger partial charge in [-0.2, -0.15) is 0 Å². The first kappa shape index (κ1) is 19.0. The predicted octanol–water partition coefficient (Wildman–Crippen LogP) is 1.33. The van der Waals surface area contributed by atoms with Crippen LogP contribution >= 0.6 is 0 Å². The summed E-state index contributed by atoms with van der Waals surface area (Å²) in [5.74, 6) is 0.630. The molecule has 0 atom stereocenters. The summed E-state index contributed by atoms with van der Waals surface area (Å²) in [6.45, 7) is 6.96. The van der Waals surface area contributed by atoms with Crippen LogP contribution in [0.3, 0.4) is 0 Å². The van der Waals surface area contributed by atoms with Gasteiger partial charge in [0.05, 0.1) is 18.1 Å². The Hall–Kier alpha value is -2.00. The maximum Gasteiger partial charge on any atom is 0.353 e. The molecule has 1 heterocycles. The molecule has 23 heavy (non-hydrogen) atoms. The van der Waals surface area contributed by atoms with Crippen LogP contribution in [-0.4, -0.2) is 68.5 Å². The summed E-state index contributed by atoms with van der Waals surface area (Å²) in [7, 11) is 3.18. The zero-order valence-electron chi connectivity index (χ0n) is 14.2. The Balaban J connectivity index is 3.29. The van der Waals surface area contributed by atoms with Gasteiger partial charge in [-0.15, -0.1) is 0 Å². The van der Waals surface area contributed by atoms with Crippen molar-refractivity contribution in [1.29, 1.82) is 0 Å². The van der Waals surface area contributed by atoms with E-state index in [4.69, 9.17) is 9.47 Å². The van der Waals surface area contributed by atoms with Crippen molar-refractivity contribution in [3.63, 3.8) is 0 Å². The number of methoxy groups -OCH3 is 2. The predicted molar refractivity (Wildman–Crippen MR) is 88.2 cm³/mol. The molecule has 130 valence electrons. The Morgan fingerprint density at radius 3 is 1.91 bits per heavy atom. The Morgan fingerprint density at radius 2 is 1.52 bits per heavy atom. The van der Waals surface area contributed by atoms with E-state index in [1.807, 2.05) is 18.7 Å². The lowest BCUT2D eigenvalue weighted by molar-refractivity contribution is -0.383. The molecule has 1 rings (SSSR count). The van der Waals surface area contributed by atoms with Crippen molar-refractivity contribution in [1.82, 2.24) is 9.97 Å². The van der Waals surface area contributed by atoms with Crippen molar-refractivity contribution >= 4 is 17.3 Å². The zero-order valence-corrected chi connectivity index (χ0v) is 14.2. The maximum absolute atomic E-state index is 11.6. The standard InChI is InChI=1S/C14H25N5O4/c1-5-17(6-2)13-12(19(20)21)14(16-11-15-13)18(7-9-22-3)8-10-23-4/h11H,5-10H2,1-4H3. The molecule has 0 aliphatic carbocycles. The van der Waals surface area contributed by atoms with Gasteiger partial charge >= 0.3 is 5.69 Å². The fraction of sp³-hybridized carbons (Fsp3) is 0.714. The molecule has 0 radical (unpaired) electrons. The third-order valence-electron chi connectivity index (χ3n) is 3.46. The van der Waals surface area contributed by atoms with Gasteiger partial charge in [0.2, 0.25) is 11.6 Å². The smallest absolute Gasteiger partial charge is 0.353 e. The summed E-state index contributed by atoms with van der Waals surface area (Å²) in [5, 5.41) is 11.6. The van der Waals surface area contributed by atoms with Gasteiger partial charge in [0.15, 0.2) is 0 Å². The van der Waals surface area contributed by atoms with Crippen LogP contribution in [0.15, 0.2) is 6.33 Å². The molecule has 0 bridgehead atoms. The van der Waals surface area contributed by atoms with E-state index in [9.17, 15) is 10.1 Å². The molecule has 9 heteroatoms. The summed E-state index contributed by atoms with van der Waals surface area (Å²) in [6, 6.07) is 0. The molecule has 0 unspecified atom stereocenters. The normalized spacial score (nSPS) is 10.6. The Kier molecular flexibility index (Phi) is 8.20. The second-order valence-electron chi connectivity index (χ2n) is 4.77. The van der Waals surface area contributed by atoms with Crippen LogP contribution in [0.2, 0.25) is 0 Å². The Bertz CT molecular complexity index is 488. The molecule has 0 spiro atoms. The second kappa shape index (κ2) is 9.90. The molecule has 0 N–H and O–H groups in total. The lowest BCUT2D eigenvalue weighted by atomic mass is 10.3. The van der Waals surface area contributed by atoms with E-state index in [0.717, 1.165) is 0 Å². The van der Waals surface area contributed by atoms with Gasteiger partial charge in [0, 0.05) is 40.4 Å². The van der Waals surface area contributed by atoms with Crippen molar-refractivity contribution in [3.05, 3.63) is 16.4 Å². The summed E-state index contributed by atoms with van der Waals surface area (Å²) in [6.07, 6.45) is 1.36. The first-order chi connectivity index (χ1) is 11.1. The summed E-state index contributed by atoms with van der Waals surface area (Å²) >= 11 is 0. The number of hydrogen-bond acceptors (Lipinski definition) is 8. The molecule has 1 aromatic rings. The van der Waals surface area contributed by atoms with Crippen molar-refractivity contribution < 1.29 is 14.4 Å². The van der Waals surface area contributed by atoms with Crippen molar-refractivity contribution in [3.8, 4) is 0 Å². The SMILES string of the molecule is CCN(CC)c1ncnc(N(CCOC)CCOC)c1[N+](=O)[O-]. The minimum absolute atomic E-state index is 0.0802. The minimum atomic E-state index is -0.421. The number of rotatable bonds is 11. The van der Waals surface area contributed by atoms with Crippen LogP contribution in [0, 0.1) is 10.1 Å². The summed E-state index contributed by atoms with van der Waals surface area (Å²) in [5.41, 5.74) is -0.0802. The number of nitro groups is 1. The second-order valence-corrected chi connectivity index (χ2v) is 4.77. The summed E-state index contributed by atoms with van der Waals surface area (Å²) < 4.78 is 10.2. The average molecular weight is 327 g/mol. The van der Waals surface area contributed by atoms with E-state index in [1.165, 1.54) is 6.33 Å². The van der Waals surface area contributed by atoms with E-state index in [0.29, 0.717) is 51.0 Å². The lowest BCUT2D eigenvalue weighted by Gasteiger charge is -2.25. The first-order valence-corrected chi connectivity index (χ1v) is 7.57. The van der Waals surface area contributed by atoms with Gasteiger partial charge in [-0.1, -0.05) is 0 Å². The zero-order chi connectivity index (χ0) is 17.2. The van der Waals surface area contributed by atoms with Crippen LogP contribution in [0.4, 0.5) is 17.3 Å². The number of nitrogens with zero attached hydrogens (tertiary/aromatic N) is 5. The van der Waals surface area contributed by atoms with Gasteiger partial charge in [0.25, 0.3) is 0 Å². The monoisotopic (exact) mass is 327 g/mol. The van der Waals surface area contributed by atoms with Crippen LogP contribution in [0.1, 0.15) is 13.8 Å². The third kappa shape index (κ3) is 5.00. The largest absolute Gasteiger partial charge is 0.383 e. The number of anilines is 2. The number of aromatic nitrogens is 2. The van der Waals surface area contributed by atoms with Crippen LogP contribution in [-0.2, 0) is 9.47 Å². The lowest BCUT2D eigenvalue weighted by Crippen LogP contribution is -2.33. The molecule has 0 saturated heterocycles. The van der Waals surface area contributed by atoms with Crippen molar-refractivity contribution in [2.45, 2.75) is 13.8 Å². The highest BCUT2D eigenvalue weighted by Crippen LogP contribution is 2.33. The first-order valence-electron chi connectivity index (χ1n) is 7.57. The molecule has 0 fully saturated rings. The van der Waals surface area contributed by atoms with E-state index in [1.54, 1.807) is 19.1 Å². The molecular weight excluding hydrogens is 302 g/mol. The summed E-state index contributed by atoms with van der Waals surface area (Å²) in [4.78, 5) is 23.1. The molecular formula is C14H25N5O4. The highest BCUT2D eigenvalue weighted by molar-refractivity contribution is 5.71. The van der Waals surface area contributed by atoms with Gasteiger partial charge in [0.1, 0.15) is 6.33 Å². The van der Waals surface area contributed by atoms with Gasteiger partial charge in [-0.05, 0) is 13.8 Å². The van der Waals surface area contributed by atoms with E-state index in [-0.39, 0.29) is 5.69 Å². The van der Waals surface area contributed by atoms with Crippen molar-refractivity contribution in [2.75, 3.05) is 63.4 Å². The molecule has 0 amide bonds. The maximum atomic E-state index is 11.6. The number of ether oxygens (including phenoxy) is 2. The van der Waals surface area contributed by atoms with Crippen LogP contribution in [0.25, 0.3) is 0 Å². The Morgan fingerprint density at radius 1 is 1.04 bits per heavy atom. The van der Waals surface area contributed by atoms with Crippen LogP contribution in [0.5, 0.6) is 0 Å². The van der Waals surface area contributed by atoms with Crippen LogP contribution < -0.4 is 9.80 Å². The topological polar surface area (TPSA) is 93.9 Å². The quantitative estimate of drug-likeness (QED) is 0.444. The van der Waals surface area contributed by atoms with E-state index < -0.39 is 4.92 Å². The fourth-order valence-corrected chi connectivity index (χ4v) is 2.24. The fourth-order valence-electron chi connectivity index (χ4n) is 2.24. The third-order valence-corrected chi connectivity index (χ3v) is 3.46. The van der Waals surface area contributed by atoms with Gasteiger partial charge in [-0.25, -0.2) is 9.97 Å². The molecule has 0 saturated carbocycles. The average Bonchev–Trinajstić information content (AvgIpc) is 2.56. The van der Waals surface area contributed by atoms with E-state index in [2.05, 4.69) is 9.97 Å². The molecule has 0 aliphatic heterocycles. The highest BCUT2D eigenvalue weighted by Gasteiger charge is 2.29. The number of hydrogen-bond donors (Lipinski definition) is 0. The van der Waals surface area contributed by atoms with Crippen molar-refractivity contribution in [2.24, 2.45) is 0 Å². The Labute approximate surface area is 136 Å². The molecule has 0 aromatic carbocycles. The van der Waals surface area contributed by atoms with E-state index >= 15 is 0 Å². The molecule has 9 nitrogen and oxygen atoms in total. The molecule has 1 aromatic heterocycles. The highest BCUT2D eigenvalue weighted by atomic mass is 16.6.